The quantitative estimate of drug-likeness (QED) is 0.608. The minimum absolute atomic E-state index is 0.180. The van der Waals surface area contributed by atoms with Crippen LogP contribution in [0.15, 0.2) is 24.3 Å². The molecule has 0 amide bonds. The maximum Gasteiger partial charge on any atom is 0.305 e. The van der Waals surface area contributed by atoms with Crippen LogP contribution < -0.4 is 0 Å². The largest absolute Gasteiger partial charge is 0.465 e. The average molecular weight is 376 g/mol. The molecule has 6 nitrogen and oxygen atoms in total. The molecule has 0 bridgehead atoms. The van der Waals surface area contributed by atoms with E-state index in [9.17, 15) is 10.1 Å². The summed E-state index contributed by atoms with van der Waals surface area (Å²) in [4.78, 5) is 20.5. The molecular weight excluding hydrogens is 352 g/mol. The highest BCUT2D eigenvalue weighted by molar-refractivity contribution is 5.81. The van der Waals surface area contributed by atoms with E-state index in [0.29, 0.717) is 36.4 Å². The van der Waals surface area contributed by atoms with Crippen LogP contribution in [0.2, 0.25) is 0 Å². The van der Waals surface area contributed by atoms with Gasteiger partial charge in [0.2, 0.25) is 0 Å². The first-order chi connectivity index (χ1) is 13.5. The third kappa shape index (κ3) is 3.61. The molecule has 0 aliphatic heterocycles. The number of esters is 1. The van der Waals surface area contributed by atoms with Gasteiger partial charge in [-0.1, -0.05) is 26.0 Å². The molecule has 1 aromatic carbocycles. The Bertz CT molecular complexity index is 1060. The van der Waals surface area contributed by atoms with E-state index >= 15 is 0 Å². The van der Waals surface area contributed by atoms with Gasteiger partial charge in [0.1, 0.15) is 11.9 Å². The number of benzene rings is 1. The van der Waals surface area contributed by atoms with Gasteiger partial charge in [0.05, 0.1) is 23.4 Å². The van der Waals surface area contributed by atoms with Gasteiger partial charge in [0, 0.05) is 24.9 Å². The Morgan fingerprint density at radius 1 is 1.18 bits per heavy atom. The lowest BCUT2D eigenvalue weighted by atomic mass is 10.1. The number of nitrogens with zero attached hydrogens (tertiary/aromatic N) is 4. The summed E-state index contributed by atoms with van der Waals surface area (Å²) in [6.07, 6.45) is 1.82. The predicted molar refractivity (Wildman–Crippen MR) is 107 cm³/mol. The number of pyridine rings is 1. The fraction of sp³-hybridized carbons (Fsp3) is 0.364. The van der Waals surface area contributed by atoms with E-state index in [-0.39, 0.29) is 5.97 Å². The van der Waals surface area contributed by atoms with Crippen LogP contribution >= 0.6 is 0 Å². The first-order valence-electron chi connectivity index (χ1n) is 9.53. The maximum absolute atomic E-state index is 11.3. The van der Waals surface area contributed by atoms with Crippen LogP contribution in [0.4, 0.5) is 0 Å². The highest BCUT2D eigenvalue weighted by atomic mass is 16.5. The number of fused-ring (bicyclic) bond motifs is 1. The minimum atomic E-state index is -0.180. The number of rotatable bonds is 6. The van der Waals surface area contributed by atoms with E-state index in [4.69, 9.17) is 9.72 Å². The zero-order valence-corrected chi connectivity index (χ0v) is 16.7. The number of ether oxygens (including phenoxy) is 1. The first-order valence-corrected chi connectivity index (χ1v) is 9.53. The molecule has 0 saturated heterocycles. The smallest absolute Gasteiger partial charge is 0.305 e. The zero-order valence-electron chi connectivity index (χ0n) is 16.7. The first kappa shape index (κ1) is 19.6. The zero-order chi connectivity index (χ0) is 20.3. The van der Waals surface area contributed by atoms with Crippen molar-refractivity contribution in [3.63, 3.8) is 0 Å². The van der Waals surface area contributed by atoms with Crippen LogP contribution in [0.3, 0.4) is 0 Å². The van der Waals surface area contributed by atoms with Crippen molar-refractivity contribution < 1.29 is 9.53 Å². The molecule has 0 unspecified atom stereocenters. The van der Waals surface area contributed by atoms with Gasteiger partial charge >= 0.3 is 5.97 Å². The van der Waals surface area contributed by atoms with Crippen molar-refractivity contribution in [1.82, 2.24) is 14.5 Å². The number of aromatic nitrogens is 3. The molecule has 28 heavy (non-hydrogen) atoms. The topological polar surface area (TPSA) is 80.8 Å². The number of aryl methyl sites for hydroxylation is 3. The number of carbonyl (C=O) groups excluding carboxylic acids is 1. The van der Waals surface area contributed by atoms with Crippen molar-refractivity contribution in [2.45, 2.75) is 47.0 Å². The number of hydrogen-bond acceptors (Lipinski definition) is 5. The van der Waals surface area contributed by atoms with E-state index in [0.717, 1.165) is 34.6 Å². The third-order valence-electron chi connectivity index (χ3n) is 4.86. The third-order valence-corrected chi connectivity index (χ3v) is 4.86. The number of nitriles is 1. The maximum atomic E-state index is 11.3. The van der Waals surface area contributed by atoms with E-state index in [1.54, 1.807) is 6.92 Å². The van der Waals surface area contributed by atoms with Crippen LogP contribution in [0.5, 0.6) is 0 Å². The highest BCUT2D eigenvalue weighted by Gasteiger charge is 2.18. The van der Waals surface area contributed by atoms with E-state index in [2.05, 4.69) is 22.5 Å². The van der Waals surface area contributed by atoms with E-state index in [1.165, 1.54) is 0 Å². The van der Waals surface area contributed by atoms with E-state index in [1.807, 2.05) is 38.1 Å². The molecule has 3 aromatic rings. The van der Waals surface area contributed by atoms with Gasteiger partial charge in [-0.3, -0.25) is 9.36 Å². The second-order valence-electron chi connectivity index (χ2n) is 6.69. The molecule has 6 heteroatoms. The summed E-state index contributed by atoms with van der Waals surface area (Å²) in [6, 6.07) is 10.4. The summed E-state index contributed by atoms with van der Waals surface area (Å²) >= 11 is 0. The molecule has 3 rings (SSSR count). The molecule has 0 radical (unpaired) electrons. The van der Waals surface area contributed by atoms with Crippen LogP contribution in [-0.2, 0) is 22.4 Å². The molecule has 0 N–H and O–H groups in total. The van der Waals surface area contributed by atoms with Crippen LogP contribution in [0.25, 0.3) is 16.9 Å². The predicted octanol–water partition coefficient (Wildman–Crippen LogP) is 3.97. The van der Waals surface area contributed by atoms with Gasteiger partial charge in [-0.25, -0.2) is 9.97 Å². The Labute approximate surface area is 164 Å². The second-order valence-corrected chi connectivity index (χ2v) is 6.69. The fourth-order valence-corrected chi connectivity index (χ4v) is 3.35. The van der Waals surface area contributed by atoms with Crippen molar-refractivity contribution in [2.75, 3.05) is 6.61 Å². The second kappa shape index (κ2) is 8.22. The molecule has 0 atom stereocenters. The van der Waals surface area contributed by atoms with Crippen LogP contribution in [0, 0.1) is 25.2 Å². The Balaban J connectivity index is 1.99. The fourth-order valence-electron chi connectivity index (χ4n) is 3.35. The standard InChI is InChI=1S/C22H24N4O2/c1-5-19-25-22-21(14(3)18(13-23)15(4)24-22)26(19)17-9-7-16(8-10-17)11-12-28-20(27)6-2/h7-10H,5-6,11-12H2,1-4H3. The van der Waals surface area contributed by atoms with Gasteiger partial charge in [-0.15, -0.1) is 0 Å². The Hall–Kier alpha value is -3.20. The monoisotopic (exact) mass is 376 g/mol. The van der Waals surface area contributed by atoms with Crippen molar-refractivity contribution in [3.8, 4) is 11.8 Å². The molecule has 0 aliphatic carbocycles. The summed E-state index contributed by atoms with van der Waals surface area (Å²) in [6.45, 7) is 8.02. The van der Waals surface area contributed by atoms with Gasteiger partial charge in [0.25, 0.3) is 0 Å². The molecule has 0 saturated carbocycles. The molecule has 0 spiro atoms. The number of imidazole rings is 1. The van der Waals surface area contributed by atoms with Crippen molar-refractivity contribution >= 4 is 17.1 Å². The average Bonchev–Trinajstić information content (AvgIpc) is 3.07. The normalized spacial score (nSPS) is 10.8. The lowest BCUT2D eigenvalue weighted by molar-refractivity contribution is -0.143. The molecule has 2 heterocycles. The SMILES string of the molecule is CCC(=O)OCCc1ccc(-n2c(CC)nc3nc(C)c(C#N)c(C)c32)cc1. The van der Waals surface area contributed by atoms with Gasteiger partial charge in [0.15, 0.2) is 5.65 Å². The van der Waals surface area contributed by atoms with Gasteiger partial charge in [-0.05, 0) is 37.1 Å². The summed E-state index contributed by atoms with van der Waals surface area (Å²) < 4.78 is 7.23. The highest BCUT2D eigenvalue weighted by Crippen LogP contribution is 2.27. The summed E-state index contributed by atoms with van der Waals surface area (Å²) in [5, 5.41) is 9.50. The van der Waals surface area contributed by atoms with Crippen LogP contribution in [-0.4, -0.2) is 27.1 Å². The molecule has 0 aliphatic rings. The molecular formula is C22H24N4O2. The van der Waals surface area contributed by atoms with Crippen molar-refractivity contribution in [3.05, 3.63) is 52.5 Å². The van der Waals surface area contributed by atoms with Crippen LogP contribution in [0.1, 0.15) is 48.5 Å². The Morgan fingerprint density at radius 3 is 2.50 bits per heavy atom. The van der Waals surface area contributed by atoms with E-state index < -0.39 is 0 Å². The molecule has 2 aromatic heterocycles. The van der Waals surface area contributed by atoms with Gasteiger partial charge < -0.3 is 4.74 Å². The Kier molecular flexibility index (Phi) is 5.74. The number of hydrogen-bond donors (Lipinski definition) is 0. The lowest BCUT2D eigenvalue weighted by Crippen LogP contribution is -2.06. The summed E-state index contributed by atoms with van der Waals surface area (Å²) in [7, 11) is 0. The Morgan fingerprint density at radius 2 is 1.89 bits per heavy atom. The van der Waals surface area contributed by atoms with Gasteiger partial charge in [-0.2, -0.15) is 5.26 Å². The molecule has 144 valence electrons. The summed E-state index contributed by atoms with van der Waals surface area (Å²) in [5.41, 5.74) is 5.82. The minimum Gasteiger partial charge on any atom is -0.465 e. The molecule has 0 fully saturated rings. The van der Waals surface area contributed by atoms with Crippen molar-refractivity contribution in [1.29, 1.82) is 5.26 Å². The lowest BCUT2D eigenvalue weighted by Gasteiger charge is -2.12. The number of carbonyl (C=O) groups is 1. The van der Waals surface area contributed by atoms with Crippen molar-refractivity contribution in [2.24, 2.45) is 0 Å². The summed E-state index contributed by atoms with van der Waals surface area (Å²) in [5.74, 6) is 0.727.